The number of hydrogen-bond donors (Lipinski definition) is 0. The summed E-state index contributed by atoms with van der Waals surface area (Å²) in [5.41, 5.74) is -0.573. The number of benzene rings is 1. The first-order chi connectivity index (χ1) is 12.1. The largest absolute Gasteiger partial charge is 0.363 e. The van der Waals surface area contributed by atoms with Gasteiger partial charge in [0.25, 0.3) is 0 Å². The van der Waals surface area contributed by atoms with Gasteiger partial charge in [-0.15, -0.1) is 0 Å². The van der Waals surface area contributed by atoms with Gasteiger partial charge in [0.05, 0.1) is 5.69 Å². The van der Waals surface area contributed by atoms with Crippen molar-refractivity contribution < 1.29 is 18.4 Å². The molecule has 7 nitrogen and oxygen atoms in total. The van der Waals surface area contributed by atoms with E-state index in [9.17, 15) is 18.4 Å². The number of nitriles is 1. The van der Waals surface area contributed by atoms with E-state index in [0.717, 1.165) is 17.0 Å². The molecule has 9 heteroatoms. The fourth-order valence-electron chi connectivity index (χ4n) is 2.23. The van der Waals surface area contributed by atoms with Crippen LogP contribution in [-0.2, 0) is 9.59 Å². The monoisotopic (exact) mass is 359 g/mol. The molecule has 1 aromatic carbocycles. The summed E-state index contributed by atoms with van der Waals surface area (Å²) in [5, 5.41) is 8.77. The third kappa shape index (κ3) is 3.64. The zero-order valence-electron chi connectivity index (χ0n) is 14.5. The Labute approximate surface area is 148 Å². The Morgan fingerprint density at radius 3 is 2.00 bits per heavy atom. The highest BCUT2D eigenvalue weighted by molar-refractivity contribution is 6.12. The van der Waals surface area contributed by atoms with Crippen molar-refractivity contribution in [1.29, 1.82) is 5.26 Å². The Morgan fingerprint density at radius 2 is 1.58 bits per heavy atom. The van der Waals surface area contributed by atoms with Crippen molar-refractivity contribution in [2.24, 2.45) is 0 Å². The highest BCUT2D eigenvalue weighted by Gasteiger charge is 2.22. The van der Waals surface area contributed by atoms with Gasteiger partial charge in [-0.3, -0.25) is 9.59 Å². The van der Waals surface area contributed by atoms with Gasteiger partial charge in [-0.05, 0) is 12.1 Å². The van der Waals surface area contributed by atoms with E-state index in [1.807, 2.05) is 0 Å². The molecule has 0 atom stereocenters. The van der Waals surface area contributed by atoms with Crippen LogP contribution in [0.15, 0.2) is 18.2 Å². The molecule has 0 N–H and O–H groups in total. The molecule has 0 aliphatic carbocycles. The highest BCUT2D eigenvalue weighted by atomic mass is 19.1. The average Bonchev–Trinajstić information content (AvgIpc) is 2.53. The molecule has 134 valence electrons. The van der Waals surface area contributed by atoms with Gasteiger partial charge in [-0.1, -0.05) is 0 Å². The number of carbonyl (C=O) groups is 2. The molecular formula is C17H15F2N5O2. The lowest BCUT2D eigenvalue weighted by Gasteiger charge is -2.19. The SMILES string of the molecule is CC(=O)N(C(C)=O)c1nc(-c2cc(F)c(C#N)c(F)c2)cc(N(C)C)n1. The summed E-state index contributed by atoms with van der Waals surface area (Å²) in [6.45, 7) is 2.35. The van der Waals surface area contributed by atoms with E-state index in [2.05, 4.69) is 9.97 Å². The maximum atomic E-state index is 13.9. The number of imide groups is 1. The summed E-state index contributed by atoms with van der Waals surface area (Å²) in [4.78, 5) is 34.1. The van der Waals surface area contributed by atoms with E-state index in [4.69, 9.17) is 5.26 Å². The first-order valence-corrected chi connectivity index (χ1v) is 7.43. The van der Waals surface area contributed by atoms with E-state index in [1.165, 1.54) is 26.0 Å². The standard InChI is InChI=1S/C17H15F2N5O2/c1-9(25)24(10(2)26)17-21-15(7-16(22-17)23(3)4)11-5-13(18)12(8-20)14(19)6-11/h5-7H,1-4H3. The van der Waals surface area contributed by atoms with Gasteiger partial charge in [-0.2, -0.15) is 10.2 Å². The predicted molar refractivity (Wildman–Crippen MR) is 90.3 cm³/mol. The van der Waals surface area contributed by atoms with E-state index < -0.39 is 29.0 Å². The first kappa shape index (κ1) is 18.9. The molecule has 26 heavy (non-hydrogen) atoms. The lowest BCUT2D eigenvalue weighted by Crippen LogP contribution is -2.35. The van der Waals surface area contributed by atoms with Crippen LogP contribution in [0.5, 0.6) is 0 Å². The molecule has 0 fully saturated rings. The molecule has 1 aromatic heterocycles. The number of halogens is 2. The van der Waals surface area contributed by atoms with Gasteiger partial charge < -0.3 is 4.90 Å². The minimum absolute atomic E-state index is 0.0396. The molecule has 2 amide bonds. The van der Waals surface area contributed by atoms with Crippen molar-refractivity contribution in [2.45, 2.75) is 13.8 Å². The molecule has 0 saturated heterocycles. The minimum atomic E-state index is -1.04. The molecule has 1 heterocycles. The van der Waals surface area contributed by atoms with Crippen molar-refractivity contribution in [3.63, 3.8) is 0 Å². The fourth-order valence-corrected chi connectivity index (χ4v) is 2.23. The Bertz CT molecular complexity index is 900. The van der Waals surface area contributed by atoms with Gasteiger partial charge in [0.1, 0.15) is 29.1 Å². The summed E-state index contributed by atoms with van der Waals surface area (Å²) in [6, 6.07) is 4.80. The molecule has 2 rings (SSSR count). The van der Waals surface area contributed by atoms with E-state index in [0.29, 0.717) is 5.82 Å². The Morgan fingerprint density at radius 1 is 1.04 bits per heavy atom. The van der Waals surface area contributed by atoms with Crippen molar-refractivity contribution >= 4 is 23.6 Å². The summed E-state index contributed by atoms with van der Waals surface area (Å²) >= 11 is 0. The minimum Gasteiger partial charge on any atom is -0.363 e. The zero-order valence-corrected chi connectivity index (χ0v) is 14.5. The van der Waals surface area contributed by atoms with Gasteiger partial charge in [0, 0.05) is 39.6 Å². The second-order valence-corrected chi connectivity index (χ2v) is 5.61. The number of amides is 2. The van der Waals surface area contributed by atoms with Crippen LogP contribution in [0.1, 0.15) is 19.4 Å². The van der Waals surface area contributed by atoms with E-state index in [1.54, 1.807) is 19.0 Å². The Balaban J connectivity index is 2.72. The second-order valence-electron chi connectivity index (χ2n) is 5.61. The van der Waals surface area contributed by atoms with Gasteiger partial charge in [-0.25, -0.2) is 18.7 Å². The maximum absolute atomic E-state index is 13.9. The van der Waals surface area contributed by atoms with Crippen LogP contribution in [0.25, 0.3) is 11.3 Å². The number of aromatic nitrogens is 2. The molecule has 0 spiro atoms. The normalized spacial score (nSPS) is 10.2. The molecule has 0 saturated carbocycles. The number of hydrogen-bond acceptors (Lipinski definition) is 6. The van der Waals surface area contributed by atoms with Gasteiger partial charge in [0.2, 0.25) is 17.8 Å². The molecule has 2 aromatic rings. The molecule has 0 bridgehead atoms. The van der Waals surface area contributed by atoms with Gasteiger partial charge >= 0.3 is 0 Å². The van der Waals surface area contributed by atoms with Crippen molar-refractivity contribution in [1.82, 2.24) is 9.97 Å². The number of carbonyl (C=O) groups excluding carboxylic acids is 2. The Kier molecular flexibility index (Phi) is 5.26. The first-order valence-electron chi connectivity index (χ1n) is 7.43. The van der Waals surface area contributed by atoms with Crippen LogP contribution >= 0.6 is 0 Å². The van der Waals surface area contributed by atoms with Crippen LogP contribution in [0.3, 0.4) is 0 Å². The highest BCUT2D eigenvalue weighted by Crippen LogP contribution is 2.27. The summed E-state index contributed by atoms with van der Waals surface area (Å²) in [7, 11) is 3.34. The summed E-state index contributed by atoms with van der Waals surface area (Å²) in [6.07, 6.45) is 0. The third-order valence-corrected chi connectivity index (χ3v) is 3.44. The fraction of sp³-hybridized carbons (Fsp3) is 0.235. The van der Waals surface area contributed by atoms with Gasteiger partial charge in [0.15, 0.2) is 0 Å². The maximum Gasteiger partial charge on any atom is 0.241 e. The number of anilines is 2. The van der Waals surface area contributed by atoms with Crippen molar-refractivity contribution in [3.8, 4) is 17.3 Å². The molecule has 0 aliphatic rings. The number of rotatable bonds is 3. The molecule has 0 unspecified atom stereocenters. The zero-order chi connectivity index (χ0) is 19.6. The topological polar surface area (TPSA) is 90.2 Å². The van der Waals surface area contributed by atoms with Crippen molar-refractivity contribution in [3.05, 3.63) is 35.4 Å². The van der Waals surface area contributed by atoms with Crippen LogP contribution < -0.4 is 9.80 Å². The average molecular weight is 359 g/mol. The second kappa shape index (κ2) is 7.23. The van der Waals surface area contributed by atoms with Crippen LogP contribution in [0, 0.1) is 23.0 Å². The Hall–Kier alpha value is -3.41. The van der Waals surface area contributed by atoms with E-state index >= 15 is 0 Å². The van der Waals surface area contributed by atoms with Crippen molar-refractivity contribution in [2.75, 3.05) is 23.9 Å². The van der Waals surface area contributed by atoms with Crippen LogP contribution in [-0.4, -0.2) is 35.9 Å². The van der Waals surface area contributed by atoms with E-state index in [-0.39, 0.29) is 17.2 Å². The molecular weight excluding hydrogens is 344 g/mol. The smallest absolute Gasteiger partial charge is 0.241 e. The molecule has 0 radical (unpaired) electrons. The van der Waals surface area contributed by atoms with Crippen LogP contribution in [0.2, 0.25) is 0 Å². The third-order valence-electron chi connectivity index (χ3n) is 3.44. The number of nitrogens with zero attached hydrogens (tertiary/aromatic N) is 5. The van der Waals surface area contributed by atoms with Crippen LogP contribution in [0.4, 0.5) is 20.5 Å². The lowest BCUT2D eigenvalue weighted by molar-refractivity contribution is -0.124. The molecule has 0 aliphatic heterocycles. The summed E-state index contributed by atoms with van der Waals surface area (Å²) < 4.78 is 27.9. The summed E-state index contributed by atoms with van der Waals surface area (Å²) in [5.74, 6) is -3.17. The predicted octanol–water partition coefficient (Wildman–Crippen LogP) is 2.26. The quantitative estimate of drug-likeness (QED) is 0.835. The lowest BCUT2D eigenvalue weighted by atomic mass is 10.1.